The molecule has 0 aromatic heterocycles. The maximum absolute atomic E-state index is 13.0. The normalized spacial score (nSPS) is 16.7. The van der Waals surface area contributed by atoms with Gasteiger partial charge in [0.1, 0.15) is 0 Å². The van der Waals surface area contributed by atoms with Crippen LogP contribution < -0.4 is 0 Å². The van der Waals surface area contributed by atoms with Gasteiger partial charge in [-0.25, -0.2) is 0 Å². The second-order valence-electron chi connectivity index (χ2n) is 8.43. The van der Waals surface area contributed by atoms with Crippen LogP contribution >= 0.6 is 0 Å². The minimum atomic E-state index is -4.36. The van der Waals surface area contributed by atoms with Gasteiger partial charge in [-0.2, -0.15) is 18.4 Å². The maximum atomic E-state index is 13.0. The van der Waals surface area contributed by atoms with Crippen LogP contribution in [0.15, 0.2) is 54.6 Å². The van der Waals surface area contributed by atoms with E-state index in [1.165, 1.54) is 17.7 Å². The average molecular weight is 415 g/mol. The van der Waals surface area contributed by atoms with Crippen LogP contribution in [0, 0.1) is 17.2 Å². The molecule has 0 saturated heterocycles. The second kappa shape index (κ2) is 9.66. The van der Waals surface area contributed by atoms with E-state index in [1.54, 1.807) is 0 Å². The Balaban J connectivity index is 1.63. The molecule has 2 aromatic carbocycles. The largest absolute Gasteiger partial charge is 0.416 e. The molecule has 30 heavy (non-hydrogen) atoms. The van der Waals surface area contributed by atoms with E-state index in [4.69, 9.17) is 0 Å². The van der Waals surface area contributed by atoms with E-state index in [9.17, 15) is 18.4 Å². The minimum absolute atomic E-state index is 0.230. The van der Waals surface area contributed by atoms with Crippen LogP contribution in [0.2, 0.25) is 0 Å². The van der Waals surface area contributed by atoms with Gasteiger partial charge >= 0.3 is 6.18 Å². The fourth-order valence-corrected chi connectivity index (χ4v) is 4.36. The summed E-state index contributed by atoms with van der Waals surface area (Å²) in [6.07, 6.45) is 1.17. The highest BCUT2D eigenvalue weighted by molar-refractivity contribution is 5.37. The molecule has 0 heterocycles. The lowest BCUT2D eigenvalue weighted by Gasteiger charge is -2.41. The molecule has 1 fully saturated rings. The Morgan fingerprint density at radius 2 is 1.60 bits per heavy atom. The van der Waals surface area contributed by atoms with Crippen molar-refractivity contribution in [2.24, 2.45) is 5.92 Å². The summed E-state index contributed by atoms with van der Waals surface area (Å²) in [5, 5.41) is 10.1. The van der Waals surface area contributed by atoms with Gasteiger partial charge in [0.2, 0.25) is 0 Å². The predicted molar refractivity (Wildman–Crippen MR) is 113 cm³/mol. The Morgan fingerprint density at radius 1 is 0.967 bits per heavy atom. The third-order valence-corrected chi connectivity index (χ3v) is 6.46. The molecule has 1 aliphatic carbocycles. The highest BCUT2D eigenvalue weighted by atomic mass is 19.4. The number of hydrogen-bond donors (Lipinski definition) is 0. The van der Waals surface area contributed by atoms with Crippen LogP contribution in [-0.4, -0.2) is 25.0 Å². The molecular formula is C25H29F3N2. The van der Waals surface area contributed by atoms with Crippen molar-refractivity contribution in [3.05, 3.63) is 71.3 Å². The van der Waals surface area contributed by atoms with E-state index in [0.717, 1.165) is 62.9 Å². The molecule has 0 amide bonds. The Labute approximate surface area is 177 Å². The maximum Gasteiger partial charge on any atom is 0.416 e. The Hall–Kier alpha value is -2.32. The minimum Gasteiger partial charge on any atom is -0.306 e. The third-order valence-electron chi connectivity index (χ3n) is 6.46. The summed E-state index contributed by atoms with van der Waals surface area (Å²) < 4.78 is 38.9. The van der Waals surface area contributed by atoms with Crippen LogP contribution in [0.5, 0.6) is 0 Å². The summed E-state index contributed by atoms with van der Waals surface area (Å²) in [4.78, 5) is 2.27. The number of benzene rings is 2. The molecule has 1 aliphatic rings. The lowest BCUT2D eigenvalue weighted by Crippen LogP contribution is -2.39. The number of halogens is 3. The molecular weight excluding hydrogens is 385 g/mol. The fraction of sp³-hybridized carbons (Fsp3) is 0.480. The molecule has 3 rings (SSSR count). The first-order valence-corrected chi connectivity index (χ1v) is 10.7. The number of nitriles is 1. The first-order valence-electron chi connectivity index (χ1n) is 10.7. The molecule has 1 atom stereocenters. The fourth-order valence-electron chi connectivity index (χ4n) is 4.36. The number of nitrogens with zero attached hydrogens (tertiary/aromatic N) is 2. The molecule has 0 bridgehead atoms. The number of alkyl halides is 3. The van der Waals surface area contributed by atoms with E-state index in [0.29, 0.717) is 6.42 Å². The third kappa shape index (κ3) is 5.23. The van der Waals surface area contributed by atoms with Crippen molar-refractivity contribution in [1.29, 1.82) is 5.26 Å². The zero-order valence-electron chi connectivity index (χ0n) is 17.5. The number of rotatable bonds is 9. The summed E-state index contributed by atoms with van der Waals surface area (Å²) >= 11 is 0. The summed E-state index contributed by atoms with van der Waals surface area (Å²) in [7, 11) is 2.08. The first-order chi connectivity index (χ1) is 14.3. The second-order valence-corrected chi connectivity index (χ2v) is 8.43. The van der Waals surface area contributed by atoms with Crippen molar-refractivity contribution in [3.8, 4) is 6.07 Å². The molecule has 160 valence electrons. The Kier molecular flexibility index (Phi) is 7.20. The molecule has 1 saturated carbocycles. The molecule has 1 unspecified atom stereocenters. The van der Waals surface area contributed by atoms with E-state index < -0.39 is 17.2 Å². The van der Waals surface area contributed by atoms with Crippen molar-refractivity contribution in [2.75, 3.05) is 20.1 Å². The van der Waals surface area contributed by atoms with E-state index in [1.807, 2.05) is 18.2 Å². The van der Waals surface area contributed by atoms with Gasteiger partial charge in [0, 0.05) is 6.54 Å². The van der Waals surface area contributed by atoms with Crippen LogP contribution in [0.25, 0.3) is 0 Å². The Morgan fingerprint density at radius 3 is 2.13 bits per heavy atom. The van der Waals surface area contributed by atoms with Gasteiger partial charge in [-0.15, -0.1) is 0 Å². The molecule has 0 aliphatic heterocycles. The SMILES string of the molecule is CN(CCCC(C#N)(c1ccc(C(F)(F)F)cc1)C1CCC1)CCc1ccccc1. The summed E-state index contributed by atoms with van der Waals surface area (Å²) in [5.74, 6) is 0.230. The van der Waals surface area contributed by atoms with Gasteiger partial charge in [-0.3, -0.25) is 0 Å². The van der Waals surface area contributed by atoms with Gasteiger partial charge in [0.25, 0.3) is 0 Å². The first kappa shape index (κ1) is 22.4. The van der Waals surface area contributed by atoms with Crippen molar-refractivity contribution < 1.29 is 13.2 Å². The van der Waals surface area contributed by atoms with Crippen molar-refractivity contribution >= 4 is 0 Å². The zero-order chi connectivity index (χ0) is 21.6. The van der Waals surface area contributed by atoms with Crippen LogP contribution in [0.1, 0.15) is 48.8 Å². The van der Waals surface area contributed by atoms with Crippen molar-refractivity contribution in [1.82, 2.24) is 4.90 Å². The van der Waals surface area contributed by atoms with E-state index >= 15 is 0 Å². The predicted octanol–water partition coefficient (Wildman–Crippen LogP) is 6.22. The van der Waals surface area contributed by atoms with Crippen molar-refractivity contribution in [3.63, 3.8) is 0 Å². The van der Waals surface area contributed by atoms with Crippen molar-refractivity contribution in [2.45, 2.75) is 50.1 Å². The summed E-state index contributed by atoms with van der Waals surface area (Å²) in [6, 6.07) is 18.1. The summed E-state index contributed by atoms with van der Waals surface area (Å²) in [5.41, 5.74) is 0.680. The van der Waals surface area contributed by atoms with Gasteiger partial charge in [-0.05, 0) is 74.9 Å². The van der Waals surface area contributed by atoms with Crippen LogP contribution in [0.4, 0.5) is 13.2 Å². The molecule has 0 radical (unpaired) electrons. The number of hydrogen-bond acceptors (Lipinski definition) is 2. The lowest BCUT2D eigenvalue weighted by atomic mass is 9.60. The summed E-state index contributed by atoms with van der Waals surface area (Å²) in [6.45, 7) is 1.80. The molecule has 0 spiro atoms. The lowest BCUT2D eigenvalue weighted by molar-refractivity contribution is -0.137. The quantitative estimate of drug-likeness (QED) is 0.487. The Bertz CT molecular complexity index is 835. The van der Waals surface area contributed by atoms with Gasteiger partial charge in [0.15, 0.2) is 0 Å². The average Bonchev–Trinajstić information content (AvgIpc) is 2.70. The highest BCUT2D eigenvalue weighted by Gasteiger charge is 2.43. The smallest absolute Gasteiger partial charge is 0.306 e. The van der Waals surface area contributed by atoms with Crippen LogP contribution in [-0.2, 0) is 18.0 Å². The molecule has 0 N–H and O–H groups in total. The topological polar surface area (TPSA) is 27.0 Å². The van der Waals surface area contributed by atoms with E-state index in [2.05, 4.69) is 30.1 Å². The number of likely N-dealkylation sites (N-methyl/N-ethyl adjacent to an activating group) is 1. The van der Waals surface area contributed by atoms with Gasteiger partial charge < -0.3 is 4.90 Å². The van der Waals surface area contributed by atoms with Gasteiger partial charge in [-0.1, -0.05) is 48.9 Å². The molecule has 5 heteroatoms. The van der Waals surface area contributed by atoms with E-state index in [-0.39, 0.29) is 5.92 Å². The molecule has 2 aromatic rings. The standard InChI is InChI=1S/C25H29F3N2/c1-30(18-15-20-7-3-2-4-8-20)17-6-16-24(19-29,21-9-5-10-21)22-11-13-23(14-12-22)25(26,27)28/h2-4,7-8,11-14,21H,5-6,9-10,15-18H2,1H3. The van der Waals surface area contributed by atoms with Gasteiger partial charge in [0.05, 0.1) is 17.0 Å². The van der Waals surface area contributed by atoms with Crippen LogP contribution in [0.3, 0.4) is 0 Å². The monoisotopic (exact) mass is 414 g/mol. The highest BCUT2D eigenvalue weighted by Crippen LogP contribution is 2.47. The zero-order valence-corrected chi connectivity index (χ0v) is 17.5. The molecule has 2 nitrogen and oxygen atoms in total.